The molecule has 232 valence electrons. The zero-order valence-corrected chi connectivity index (χ0v) is 26.6. The molecule has 0 aliphatic carbocycles. The second-order valence-electron chi connectivity index (χ2n) is 11.5. The smallest absolute Gasteiger partial charge is 0.164 e. The maximum absolute atomic E-state index is 4.94. The number of hydrogen-bond acceptors (Lipinski definition) is 7. The number of aryl methyl sites for hydroxylation is 1. The number of rotatable bonds is 7. The van der Waals surface area contributed by atoms with Crippen LogP contribution < -0.4 is 0 Å². The second kappa shape index (κ2) is 13.2. The first-order chi connectivity index (χ1) is 24.2. The van der Waals surface area contributed by atoms with Crippen LogP contribution in [-0.4, -0.2) is 34.9 Å². The minimum Gasteiger partial charge on any atom is -0.256 e. The predicted octanol–water partition coefficient (Wildman–Crippen LogP) is 9.43. The third-order valence-corrected chi connectivity index (χ3v) is 8.30. The molecule has 0 radical (unpaired) electrons. The Balaban J connectivity index is 1.10. The van der Waals surface area contributed by atoms with Crippen LogP contribution in [0.15, 0.2) is 158 Å². The highest BCUT2D eigenvalue weighted by Gasteiger charge is 2.14. The minimum atomic E-state index is 0.598. The highest BCUT2D eigenvalue weighted by atomic mass is 15.0. The van der Waals surface area contributed by atoms with Crippen LogP contribution in [0.25, 0.3) is 79.2 Å². The van der Waals surface area contributed by atoms with Crippen LogP contribution in [0.2, 0.25) is 0 Å². The van der Waals surface area contributed by atoms with Crippen molar-refractivity contribution in [1.82, 2.24) is 34.9 Å². The Morgan fingerprint density at radius 2 is 0.796 bits per heavy atom. The largest absolute Gasteiger partial charge is 0.256 e. The third-order valence-electron chi connectivity index (χ3n) is 8.30. The molecule has 8 aromatic rings. The molecule has 0 saturated heterocycles. The fourth-order valence-electron chi connectivity index (χ4n) is 5.69. The van der Waals surface area contributed by atoms with E-state index in [2.05, 4.69) is 28.2 Å². The van der Waals surface area contributed by atoms with Crippen molar-refractivity contribution in [2.24, 2.45) is 0 Å². The average Bonchev–Trinajstić information content (AvgIpc) is 3.19. The van der Waals surface area contributed by atoms with Crippen LogP contribution in [0.5, 0.6) is 0 Å². The van der Waals surface area contributed by atoms with Crippen molar-refractivity contribution < 1.29 is 0 Å². The van der Waals surface area contributed by atoms with E-state index >= 15 is 0 Å². The molecule has 49 heavy (non-hydrogen) atoms. The molecule has 5 aromatic heterocycles. The Kier molecular flexibility index (Phi) is 7.97. The van der Waals surface area contributed by atoms with E-state index < -0.39 is 0 Å². The molecule has 0 spiro atoms. The lowest BCUT2D eigenvalue weighted by molar-refractivity contribution is 1.07. The molecule has 0 aliphatic rings. The summed E-state index contributed by atoms with van der Waals surface area (Å²) in [5.41, 5.74) is 11.2. The van der Waals surface area contributed by atoms with Crippen molar-refractivity contribution in [3.05, 3.63) is 164 Å². The summed E-state index contributed by atoms with van der Waals surface area (Å²) in [6.45, 7) is 2.02. The molecule has 5 heterocycles. The lowest BCUT2D eigenvalue weighted by atomic mass is 10.0. The molecule has 8 rings (SSSR count). The fourth-order valence-corrected chi connectivity index (χ4v) is 5.69. The molecule has 0 fully saturated rings. The van der Waals surface area contributed by atoms with E-state index in [0.29, 0.717) is 17.5 Å². The van der Waals surface area contributed by atoms with Crippen molar-refractivity contribution in [2.45, 2.75) is 6.92 Å². The van der Waals surface area contributed by atoms with Crippen molar-refractivity contribution in [3.8, 4) is 79.2 Å². The molecule has 0 N–H and O–H groups in total. The third kappa shape index (κ3) is 6.33. The Morgan fingerprint density at radius 3 is 1.33 bits per heavy atom. The summed E-state index contributed by atoms with van der Waals surface area (Å²) in [6.07, 6.45) is 5.44. The monoisotopic (exact) mass is 631 g/mol. The normalized spacial score (nSPS) is 11.0. The molecular weight excluding hydrogens is 603 g/mol. The Bertz CT molecular complexity index is 2340. The SMILES string of the molecule is Cc1nc(-c2ccc(-c3nc(-c4ccccc4)nc(-c4ccc(-c5ccc(-c6ccccn6)cn5)cc4)n3)cc2)ccc1-c1ccccn1. The Morgan fingerprint density at radius 1 is 0.327 bits per heavy atom. The van der Waals surface area contributed by atoms with Gasteiger partial charge in [-0.3, -0.25) is 19.9 Å². The number of nitrogens with zero attached hydrogens (tertiary/aromatic N) is 7. The van der Waals surface area contributed by atoms with Gasteiger partial charge in [-0.25, -0.2) is 15.0 Å². The maximum atomic E-state index is 4.94. The highest BCUT2D eigenvalue weighted by Crippen LogP contribution is 2.30. The predicted molar refractivity (Wildman–Crippen MR) is 194 cm³/mol. The van der Waals surface area contributed by atoms with E-state index in [1.807, 2.05) is 134 Å². The van der Waals surface area contributed by atoms with E-state index in [9.17, 15) is 0 Å². The number of aromatic nitrogens is 7. The minimum absolute atomic E-state index is 0.598. The topological polar surface area (TPSA) is 90.2 Å². The summed E-state index contributed by atoms with van der Waals surface area (Å²) in [4.78, 5) is 33.2. The van der Waals surface area contributed by atoms with E-state index in [-0.39, 0.29) is 0 Å². The van der Waals surface area contributed by atoms with Gasteiger partial charge in [0.2, 0.25) is 0 Å². The molecular formula is C42H29N7. The second-order valence-corrected chi connectivity index (χ2v) is 11.5. The highest BCUT2D eigenvalue weighted by molar-refractivity contribution is 5.72. The van der Waals surface area contributed by atoms with E-state index in [1.54, 1.807) is 12.4 Å². The molecule has 0 atom stereocenters. The molecule has 0 saturated carbocycles. The standard InChI is InChI=1S/C42H29N7/c1-28-35(39-12-6-8-26-44-39)22-24-38(46-28)30-15-19-33(20-16-30)42-48-40(31-9-3-2-4-10-31)47-41(49-42)32-17-13-29(14-18-32)37-23-21-34(27-45-37)36-11-5-7-25-43-36/h2-27H,1H3. The Hall–Kier alpha value is -6.73. The van der Waals surface area contributed by atoms with Gasteiger partial charge in [-0.05, 0) is 55.5 Å². The molecule has 7 heteroatoms. The zero-order valence-electron chi connectivity index (χ0n) is 26.6. The first-order valence-corrected chi connectivity index (χ1v) is 16.0. The van der Waals surface area contributed by atoms with Crippen LogP contribution in [-0.2, 0) is 0 Å². The van der Waals surface area contributed by atoms with Crippen molar-refractivity contribution >= 4 is 0 Å². The van der Waals surface area contributed by atoms with Crippen LogP contribution in [0.3, 0.4) is 0 Å². The van der Waals surface area contributed by atoms with E-state index in [0.717, 1.165) is 67.4 Å². The van der Waals surface area contributed by atoms with E-state index in [1.165, 1.54) is 0 Å². The maximum Gasteiger partial charge on any atom is 0.164 e. The number of hydrogen-bond donors (Lipinski definition) is 0. The summed E-state index contributed by atoms with van der Waals surface area (Å²) in [7, 11) is 0. The van der Waals surface area contributed by atoms with Gasteiger partial charge < -0.3 is 0 Å². The summed E-state index contributed by atoms with van der Waals surface area (Å²) in [5, 5.41) is 0. The van der Waals surface area contributed by atoms with Gasteiger partial charge in [0, 0.05) is 63.2 Å². The van der Waals surface area contributed by atoms with E-state index in [4.69, 9.17) is 24.9 Å². The summed E-state index contributed by atoms with van der Waals surface area (Å²) < 4.78 is 0. The molecule has 0 amide bonds. The summed E-state index contributed by atoms with van der Waals surface area (Å²) in [6, 6.07) is 46.3. The van der Waals surface area contributed by atoms with Crippen LogP contribution >= 0.6 is 0 Å². The number of benzene rings is 3. The van der Waals surface area contributed by atoms with Crippen molar-refractivity contribution in [1.29, 1.82) is 0 Å². The molecule has 0 aliphatic heterocycles. The van der Waals surface area contributed by atoms with Gasteiger partial charge >= 0.3 is 0 Å². The van der Waals surface area contributed by atoms with Gasteiger partial charge in [-0.1, -0.05) is 91.0 Å². The first kappa shape index (κ1) is 29.7. The van der Waals surface area contributed by atoms with Crippen LogP contribution in [0.1, 0.15) is 5.69 Å². The van der Waals surface area contributed by atoms with Gasteiger partial charge in [0.25, 0.3) is 0 Å². The Labute approximate surface area is 284 Å². The molecule has 7 nitrogen and oxygen atoms in total. The lowest BCUT2D eigenvalue weighted by Gasteiger charge is -2.10. The van der Waals surface area contributed by atoms with Crippen LogP contribution in [0, 0.1) is 6.92 Å². The fraction of sp³-hybridized carbons (Fsp3) is 0.0238. The zero-order chi connectivity index (χ0) is 33.0. The quantitative estimate of drug-likeness (QED) is 0.173. The first-order valence-electron chi connectivity index (χ1n) is 16.0. The van der Waals surface area contributed by atoms with Gasteiger partial charge in [-0.2, -0.15) is 0 Å². The number of pyridine rings is 4. The van der Waals surface area contributed by atoms with Crippen molar-refractivity contribution in [3.63, 3.8) is 0 Å². The molecule has 0 unspecified atom stereocenters. The molecule has 3 aromatic carbocycles. The van der Waals surface area contributed by atoms with Gasteiger partial charge in [0.05, 0.1) is 22.8 Å². The van der Waals surface area contributed by atoms with Crippen molar-refractivity contribution in [2.75, 3.05) is 0 Å². The lowest BCUT2D eigenvalue weighted by Crippen LogP contribution is -2.00. The van der Waals surface area contributed by atoms with Gasteiger partial charge in [0.1, 0.15) is 0 Å². The van der Waals surface area contributed by atoms with Gasteiger partial charge in [-0.15, -0.1) is 0 Å². The molecule has 0 bridgehead atoms. The van der Waals surface area contributed by atoms with Crippen LogP contribution in [0.4, 0.5) is 0 Å². The van der Waals surface area contributed by atoms with Gasteiger partial charge in [0.15, 0.2) is 17.5 Å². The summed E-state index contributed by atoms with van der Waals surface area (Å²) >= 11 is 0. The average molecular weight is 632 g/mol. The summed E-state index contributed by atoms with van der Waals surface area (Å²) in [5.74, 6) is 1.81.